The largest absolute Gasteiger partial charge is 0.384 e. The molecular formula is C19H20N6O. The molecule has 0 bridgehead atoms. The molecule has 0 saturated carbocycles. The minimum Gasteiger partial charge on any atom is -0.384 e. The number of hydrogen-bond acceptors (Lipinski definition) is 5. The average Bonchev–Trinajstić information content (AvgIpc) is 3.03. The Hall–Kier alpha value is -3.22. The lowest BCUT2D eigenvalue weighted by Gasteiger charge is -2.35. The zero-order chi connectivity index (χ0) is 18.1. The summed E-state index contributed by atoms with van der Waals surface area (Å²) in [5.41, 5.74) is 7.25. The Morgan fingerprint density at radius 2 is 1.92 bits per heavy atom. The molecule has 1 atom stereocenters. The lowest BCUT2D eigenvalue weighted by atomic mass is 10.0. The number of pyridine rings is 1. The Morgan fingerprint density at radius 3 is 2.69 bits per heavy atom. The zero-order valence-corrected chi connectivity index (χ0v) is 14.5. The van der Waals surface area contributed by atoms with Gasteiger partial charge < -0.3 is 10.6 Å². The van der Waals surface area contributed by atoms with Crippen molar-refractivity contribution in [1.29, 1.82) is 0 Å². The minimum absolute atomic E-state index is 0.134. The Bertz CT molecular complexity index is 936. The molecule has 0 spiro atoms. The van der Waals surface area contributed by atoms with E-state index in [1.54, 1.807) is 18.2 Å². The third-order valence-corrected chi connectivity index (χ3v) is 4.56. The minimum atomic E-state index is -0.192. The van der Waals surface area contributed by atoms with Crippen LogP contribution in [-0.2, 0) is 13.0 Å². The summed E-state index contributed by atoms with van der Waals surface area (Å²) in [6.45, 7) is 3.05. The van der Waals surface area contributed by atoms with Gasteiger partial charge in [-0.05, 0) is 24.6 Å². The number of nitrogens with zero attached hydrogens (tertiary/aromatic N) is 5. The van der Waals surface area contributed by atoms with E-state index in [9.17, 15) is 4.79 Å². The average molecular weight is 348 g/mol. The van der Waals surface area contributed by atoms with Crippen LogP contribution in [0.25, 0.3) is 0 Å². The Kier molecular flexibility index (Phi) is 4.12. The number of amides is 1. The van der Waals surface area contributed by atoms with Gasteiger partial charge in [-0.3, -0.25) is 4.79 Å². The standard InChI is InChI=1S/C19H20N6O/c1-13-21-18-16(12-14-6-3-2-4-7-14)24(10-11-25(18)23-13)19(26)15-8-5-9-17(20)22-15/h2-9,16H,10-12H2,1H3,(H2,20,22)/t16-/m0/s1. The van der Waals surface area contributed by atoms with Crippen molar-refractivity contribution in [2.45, 2.75) is 25.9 Å². The van der Waals surface area contributed by atoms with Gasteiger partial charge in [0.2, 0.25) is 0 Å². The van der Waals surface area contributed by atoms with Crippen LogP contribution in [0.5, 0.6) is 0 Å². The van der Waals surface area contributed by atoms with Gasteiger partial charge in [-0.1, -0.05) is 36.4 Å². The SMILES string of the molecule is Cc1nc2n(n1)CCN(C(=O)c1cccc(N)n1)[C@H]2Cc1ccccc1. The number of aryl methyl sites for hydroxylation is 1. The summed E-state index contributed by atoms with van der Waals surface area (Å²) in [7, 11) is 0. The number of aromatic nitrogens is 4. The monoisotopic (exact) mass is 348 g/mol. The van der Waals surface area contributed by atoms with Crippen LogP contribution in [-0.4, -0.2) is 37.1 Å². The Labute approximate surface area is 151 Å². The molecule has 0 aliphatic carbocycles. The summed E-state index contributed by atoms with van der Waals surface area (Å²) >= 11 is 0. The van der Waals surface area contributed by atoms with Crippen LogP contribution in [0.1, 0.15) is 33.7 Å². The molecule has 1 amide bonds. The molecule has 2 aromatic heterocycles. The first kappa shape index (κ1) is 16.3. The van der Waals surface area contributed by atoms with Gasteiger partial charge in [-0.25, -0.2) is 14.6 Å². The molecule has 4 rings (SSSR count). The second-order valence-corrected chi connectivity index (χ2v) is 6.39. The molecule has 26 heavy (non-hydrogen) atoms. The van der Waals surface area contributed by atoms with E-state index in [1.807, 2.05) is 34.7 Å². The fraction of sp³-hybridized carbons (Fsp3) is 0.263. The number of rotatable bonds is 3. The quantitative estimate of drug-likeness (QED) is 0.782. The summed E-state index contributed by atoms with van der Waals surface area (Å²) in [5.74, 6) is 1.74. The molecule has 1 aromatic carbocycles. The number of carbonyl (C=O) groups excluding carboxylic acids is 1. The van der Waals surface area contributed by atoms with Crippen LogP contribution in [0.15, 0.2) is 48.5 Å². The van der Waals surface area contributed by atoms with Gasteiger partial charge in [0, 0.05) is 13.0 Å². The van der Waals surface area contributed by atoms with Gasteiger partial charge in [0.1, 0.15) is 23.2 Å². The molecular weight excluding hydrogens is 328 g/mol. The Balaban J connectivity index is 1.71. The van der Waals surface area contributed by atoms with E-state index < -0.39 is 0 Å². The van der Waals surface area contributed by atoms with Crippen LogP contribution >= 0.6 is 0 Å². The number of anilines is 1. The highest BCUT2D eigenvalue weighted by Crippen LogP contribution is 2.29. The van der Waals surface area contributed by atoms with Crippen LogP contribution in [0.2, 0.25) is 0 Å². The summed E-state index contributed by atoms with van der Waals surface area (Å²) < 4.78 is 1.90. The van der Waals surface area contributed by atoms with Gasteiger partial charge in [-0.2, -0.15) is 5.10 Å². The van der Waals surface area contributed by atoms with E-state index >= 15 is 0 Å². The van der Waals surface area contributed by atoms with Crippen molar-refractivity contribution in [2.75, 3.05) is 12.3 Å². The highest BCUT2D eigenvalue weighted by molar-refractivity contribution is 5.93. The van der Waals surface area contributed by atoms with Crippen LogP contribution in [0.3, 0.4) is 0 Å². The van der Waals surface area contributed by atoms with Gasteiger partial charge >= 0.3 is 0 Å². The smallest absolute Gasteiger partial charge is 0.273 e. The van der Waals surface area contributed by atoms with Gasteiger partial charge in [0.15, 0.2) is 0 Å². The summed E-state index contributed by atoms with van der Waals surface area (Å²) in [6.07, 6.45) is 0.674. The van der Waals surface area contributed by atoms with Crippen molar-refractivity contribution in [1.82, 2.24) is 24.6 Å². The van der Waals surface area contributed by atoms with Crippen molar-refractivity contribution < 1.29 is 4.79 Å². The van der Waals surface area contributed by atoms with Crippen molar-refractivity contribution >= 4 is 11.7 Å². The summed E-state index contributed by atoms with van der Waals surface area (Å²) in [5, 5.41) is 4.46. The predicted octanol–water partition coefficient (Wildman–Crippen LogP) is 2.00. The fourth-order valence-electron chi connectivity index (χ4n) is 3.38. The highest BCUT2D eigenvalue weighted by atomic mass is 16.2. The molecule has 1 aliphatic rings. The molecule has 2 N–H and O–H groups in total. The van der Waals surface area contributed by atoms with E-state index in [-0.39, 0.29) is 11.9 Å². The first-order chi connectivity index (χ1) is 12.6. The molecule has 3 heterocycles. The van der Waals surface area contributed by atoms with Crippen molar-refractivity contribution in [3.8, 4) is 0 Å². The highest BCUT2D eigenvalue weighted by Gasteiger charge is 2.34. The van der Waals surface area contributed by atoms with Gasteiger partial charge in [-0.15, -0.1) is 0 Å². The number of fused-ring (bicyclic) bond motifs is 1. The van der Waals surface area contributed by atoms with Gasteiger partial charge in [0.25, 0.3) is 5.91 Å². The van der Waals surface area contributed by atoms with E-state index in [2.05, 4.69) is 27.2 Å². The van der Waals surface area contributed by atoms with E-state index in [1.165, 1.54) is 0 Å². The zero-order valence-electron chi connectivity index (χ0n) is 14.5. The number of benzene rings is 1. The molecule has 7 nitrogen and oxygen atoms in total. The van der Waals surface area contributed by atoms with E-state index in [4.69, 9.17) is 5.73 Å². The molecule has 7 heteroatoms. The second-order valence-electron chi connectivity index (χ2n) is 6.39. The maximum absolute atomic E-state index is 13.1. The molecule has 0 radical (unpaired) electrons. The second kappa shape index (κ2) is 6.59. The number of carbonyl (C=O) groups is 1. The normalized spacial score (nSPS) is 16.3. The first-order valence-corrected chi connectivity index (χ1v) is 8.60. The van der Waals surface area contributed by atoms with E-state index in [0.29, 0.717) is 31.0 Å². The van der Waals surface area contributed by atoms with Crippen molar-refractivity contribution in [3.63, 3.8) is 0 Å². The number of nitrogens with two attached hydrogens (primary N) is 1. The molecule has 1 aliphatic heterocycles. The van der Waals surface area contributed by atoms with Crippen LogP contribution in [0.4, 0.5) is 5.82 Å². The molecule has 0 saturated heterocycles. The van der Waals surface area contributed by atoms with Crippen LogP contribution < -0.4 is 5.73 Å². The third kappa shape index (κ3) is 3.03. The molecule has 0 fully saturated rings. The molecule has 132 valence electrons. The van der Waals surface area contributed by atoms with Crippen molar-refractivity contribution in [3.05, 3.63) is 71.4 Å². The summed E-state index contributed by atoms with van der Waals surface area (Å²) in [4.78, 5) is 23.7. The Morgan fingerprint density at radius 1 is 1.12 bits per heavy atom. The maximum atomic E-state index is 13.1. The molecule has 3 aromatic rings. The lowest BCUT2D eigenvalue weighted by Crippen LogP contribution is -2.43. The topological polar surface area (TPSA) is 89.9 Å². The third-order valence-electron chi connectivity index (χ3n) is 4.56. The number of hydrogen-bond donors (Lipinski definition) is 1. The number of nitrogen functional groups attached to an aromatic ring is 1. The first-order valence-electron chi connectivity index (χ1n) is 8.60. The molecule has 0 unspecified atom stereocenters. The fourth-order valence-corrected chi connectivity index (χ4v) is 3.38. The van der Waals surface area contributed by atoms with E-state index in [0.717, 1.165) is 17.2 Å². The predicted molar refractivity (Wildman–Crippen MR) is 97.3 cm³/mol. The lowest BCUT2D eigenvalue weighted by molar-refractivity contribution is 0.0602. The summed E-state index contributed by atoms with van der Waals surface area (Å²) in [6, 6.07) is 15.0. The van der Waals surface area contributed by atoms with Gasteiger partial charge in [0.05, 0.1) is 12.6 Å². The van der Waals surface area contributed by atoms with Crippen LogP contribution in [0, 0.1) is 6.92 Å². The maximum Gasteiger partial charge on any atom is 0.273 e. The van der Waals surface area contributed by atoms with Crippen molar-refractivity contribution in [2.24, 2.45) is 0 Å².